The van der Waals surface area contributed by atoms with Gasteiger partial charge >= 0.3 is 0 Å². The highest BCUT2D eigenvalue weighted by molar-refractivity contribution is 6.30. The summed E-state index contributed by atoms with van der Waals surface area (Å²) in [5.74, 6) is 0.921. The minimum atomic E-state index is 0.426. The maximum absolute atomic E-state index is 6.09. The SMILES string of the molecule is Cc1ccccc1-c1nnc(-c2c(C)nc3ccc(Cl)cn23)o1. The zero-order valence-corrected chi connectivity index (χ0v) is 13.4. The summed E-state index contributed by atoms with van der Waals surface area (Å²) in [6.45, 7) is 3.92. The van der Waals surface area contributed by atoms with Crippen LogP contribution < -0.4 is 0 Å². The van der Waals surface area contributed by atoms with E-state index < -0.39 is 0 Å². The third kappa shape index (κ3) is 2.29. The second-order valence-corrected chi connectivity index (χ2v) is 5.79. The first-order valence-corrected chi connectivity index (χ1v) is 7.55. The number of halogens is 1. The number of rotatable bonds is 2. The molecule has 6 heteroatoms. The maximum atomic E-state index is 6.09. The van der Waals surface area contributed by atoms with Crippen LogP contribution in [0.1, 0.15) is 11.3 Å². The molecule has 0 aliphatic heterocycles. The van der Waals surface area contributed by atoms with Gasteiger partial charge in [-0.15, -0.1) is 10.2 Å². The molecular weight excluding hydrogens is 312 g/mol. The number of benzene rings is 1. The van der Waals surface area contributed by atoms with E-state index in [1.807, 2.05) is 48.6 Å². The minimum absolute atomic E-state index is 0.426. The van der Waals surface area contributed by atoms with Crippen molar-refractivity contribution in [1.82, 2.24) is 19.6 Å². The van der Waals surface area contributed by atoms with Gasteiger partial charge in [-0.25, -0.2) is 4.98 Å². The van der Waals surface area contributed by atoms with Gasteiger partial charge in [0.1, 0.15) is 11.3 Å². The quantitative estimate of drug-likeness (QED) is 0.551. The summed E-state index contributed by atoms with van der Waals surface area (Å²) in [5, 5.41) is 9.00. The van der Waals surface area contributed by atoms with Crippen LogP contribution in [0.15, 0.2) is 47.0 Å². The smallest absolute Gasteiger partial charge is 0.266 e. The summed E-state index contributed by atoms with van der Waals surface area (Å²) in [5.41, 5.74) is 4.37. The number of aromatic nitrogens is 4. The van der Waals surface area contributed by atoms with E-state index in [1.165, 1.54) is 0 Å². The monoisotopic (exact) mass is 324 g/mol. The summed E-state index contributed by atoms with van der Waals surface area (Å²) in [6, 6.07) is 11.6. The fourth-order valence-corrected chi connectivity index (χ4v) is 2.80. The molecule has 0 aliphatic carbocycles. The molecule has 114 valence electrons. The molecule has 0 bridgehead atoms. The Balaban J connectivity index is 1.88. The summed E-state index contributed by atoms with van der Waals surface area (Å²) >= 11 is 6.09. The van der Waals surface area contributed by atoms with Gasteiger partial charge in [0.25, 0.3) is 5.89 Å². The molecule has 0 amide bonds. The zero-order valence-electron chi connectivity index (χ0n) is 12.6. The highest BCUT2D eigenvalue weighted by Crippen LogP contribution is 2.29. The van der Waals surface area contributed by atoms with Gasteiger partial charge < -0.3 is 4.42 Å². The molecule has 0 saturated carbocycles. The van der Waals surface area contributed by atoms with Crippen LogP contribution in [0, 0.1) is 13.8 Å². The third-order valence-electron chi connectivity index (χ3n) is 3.76. The second-order valence-electron chi connectivity index (χ2n) is 5.35. The first-order chi connectivity index (χ1) is 11.1. The van der Waals surface area contributed by atoms with Crippen LogP contribution in [-0.4, -0.2) is 19.6 Å². The van der Waals surface area contributed by atoms with Crippen molar-refractivity contribution >= 4 is 17.2 Å². The number of fused-ring (bicyclic) bond motifs is 1. The largest absolute Gasteiger partial charge is 0.415 e. The second kappa shape index (κ2) is 5.21. The van der Waals surface area contributed by atoms with Crippen molar-refractivity contribution in [2.45, 2.75) is 13.8 Å². The van der Waals surface area contributed by atoms with Gasteiger partial charge in [-0.3, -0.25) is 4.40 Å². The Morgan fingerprint density at radius 2 is 1.78 bits per heavy atom. The van der Waals surface area contributed by atoms with Crippen LogP contribution in [-0.2, 0) is 0 Å². The standard InChI is InChI=1S/C17H13ClN4O/c1-10-5-3-4-6-13(10)16-20-21-17(23-16)15-11(2)19-14-8-7-12(18)9-22(14)15/h3-9H,1-2H3. The molecule has 3 heterocycles. The number of hydrogen-bond donors (Lipinski definition) is 0. The molecule has 0 N–H and O–H groups in total. The summed E-state index contributed by atoms with van der Waals surface area (Å²) in [4.78, 5) is 4.51. The molecule has 4 rings (SSSR count). The van der Waals surface area contributed by atoms with Gasteiger partial charge in [-0.1, -0.05) is 29.8 Å². The minimum Gasteiger partial charge on any atom is -0.415 e. The topological polar surface area (TPSA) is 56.2 Å². The fourth-order valence-electron chi connectivity index (χ4n) is 2.63. The lowest BCUT2D eigenvalue weighted by Crippen LogP contribution is -1.89. The zero-order chi connectivity index (χ0) is 16.0. The van der Waals surface area contributed by atoms with Crippen LogP contribution >= 0.6 is 11.6 Å². The average molecular weight is 325 g/mol. The van der Waals surface area contributed by atoms with Crippen molar-refractivity contribution in [3.8, 4) is 23.0 Å². The number of nitrogens with zero attached hydrogens (tertiary/aromatic N) is 4. The number of aryl methyl sites for hydroxylation is 2. The van der Waals surface area contributed by atoms with E-state index in [1.54, 1.807) is 12.3 Å². The Labute approximate surface area is 137 Å². The Bertz CT molecular complexity index is 1020. The molecule has 0 atom stereocenters. The normalized spacial score (nSPS) is 11.3. The highest BCUT2D eigenvalue weighted by Gasteiger charge is 2.18. The van der Waals surface area contributed by atoms with E-state index in [0.29, 0.717) is 16.8 Å². The van der Waals surface area contributed by atoms with E-state index in [9.17, 15) is 0 Å². The lowest BCUT2D eigenvalue weighted by molar-refractivity contribution is 0.580. The molecule has 0 unspecified atom stereocenters. The molecule has 0 fully saturated rings. The summed E-state index contributed by atoms with van der Waals surface area (Å²) < 4.78 is 7.77. The average Bonchev–Trinajstić information content (AvgIpc) is 3.11. The predicted molar refractivity (Wildman–Crippen MR) is 88.4 cm³/mol. The van der Waals surface area contributed by atoms with Gasteiger partial charge in [0.15, 0.2) is 0 Å². The Morgan fingerprint density at radius 3 is 2.61 bits per heavy atom. The van der Waals surface area contributed by atoms with Crippen LogP contribution in [0.25, 0.3) is 28.7 Å². The first kappa shape index (κ1) is 14.0. The molecule has 1 aromatic carbocycles. The van der Waals surface area contributed by atoms with E-state index in [2.05, 4.69) is 15.2 Å². The molecule has 3 aromatic heterocycles. The molecule has 0 spiro atoms. The lowest BCUT2D eigenvalue weighted by Gasteiger charge is -2.00. The van der Waals surface area contributed by atoms with Gasteiger partial charge in [0, 0.05) is 11.8 Å². The van der Waals surface area contributed by atoms with E-state index in [4.69, 9.17) is 16.0 Å². The molecular formula is C17H13ClN4O. The van der Waals surface area contributed by atoms with Crippen molar-refractivity contribution in [3.63, 3.8) is 0 Å². The van der Waals surface area contributed by atoms with Crippen LogP contribution in [0.5, 0.6) is 0 Å². The van der Waals surface area contributed by atoms with Gasteiger partial charge in [-0.05, 0) is 37.6 Å². The van der Waals surface area contributed by atoms with Gasteiger partial charge in [-0.2, -0.15) is 0 Å². The highest BCUT2D eigenvalue weighted by atomic mass is 35.5. The Hall–Kier alpha value is -2.66. The fraction of sp³-hybridized carbons (Fsp3) is 0.118. The van der Waals surface area contributed by atoms with E-state index in [-0.39, 0.29) is 0 Å². The van der Waals surface area contributed by atoms with Crippen LogP contribution in [0.2, 0.25) is 5.02 Å². The van der Waals surface area contributed by atoms with Crippen molar-refractivity contribution in [3.05, 3.63) is 58.9 Å². The Morgan fingerprint density at radius 1 is 1.00 bits per heavy atom. The van der Waals surface area contributed by atoms with Gasteiger partial charge in [0.05, 0.1) is 10.7 Å². The number of imidazole rings is 1. The summed E-state index contributed by atoms with van der Waals surface area (Å²) in [6.07, 6.45) is 1.80. The molecule has 0 aliphatic rings. The van der Waals surface area contributed by atoms with Crippen molar-refractivity contribution in [1.29, 1.82) is 0 Å². The van der Waals surface area contributed by atoms with Crippen LogP contribution in [0.3, 0.4) is 0 Å². The molecule has 0 saturated heterocycles. The summed E-state index contributed by atoms with van der Waals surface area (Å²) in [7, 11) is 0. The van der Waals surface area contributed by atoms with E-state index >= 15 is 0 Å². The predicted octanol–water partition coefficient (Wildman–Crippen LogP) is 4.32. The Kier molecular flexibility index (Phi) is 3.16. The number of pyridine rings is 1. The maximum Gasteiger partial charge on any atom is 0.266 e. The molecule has 4 aromatic rings. The van der Waals surface area contributed by atoms with Crippen molar-refractivity contribution in [2.24, 2.45) is 0 Å². The molecule has 0 radical (unpaired) electrons. The molecule has 5 nitrogen and oxygen atoms in total. The van der Waals surface area contributed by atoms with Crippen molar-refractivity contribution in [2.75, 3.05) is 0 Å². The van der Waals surface area contributed by atoms with Crippen LogP contribution in [0.4, 0.5) is 0 Å². The first-order valence-electron chi connectivity index (χ1n) is 7.17. The third-order valence-corrected chi connectivity index (χ3v) is 3.98. The lowest BCUT2D eigenvalue weighted by atomic mass is 10.1. The number of hydrogen-bond acceptors (Lipinski definition) is 4. The van der Waals surface area contributed by atoms with E-state index in [0.717, 1.165) is 28.2 Å². The van der Waals surface area contributed by atoms with Gasteiger partial charge in [0.2, 0.25) is 5.89 Å². The van der Waals surface area contributed by atoms with Crippen molar-refractivity contribution < 1.29 is 4.42 Å². The molecule has 23 heavy (non-hydrogen) atoms.